The maximum Gasteiger partial charge on any atom is 0.138 e. The first-order valence-corrected chi connectivity index (χ1v) is 9.10. The Morgan fingerprint density at radius 3 is 1.38 bits per heavy atom. The van der Waals surface area contributed by atoms with Gasteiger partial charge in [0.2, 0.25) is 0 Å². The van der Waals surface area contributed by atoms with Gasteiger partial charge in [-0.25, -0.2) is 0 Å². The lowest BCUT2D eigenvalue weighted by molar-refractivity contribution is -0.126. The molecular formula is C23H30O. The summed E-state index contributed by atoms with van der Waals surface area (Å²) in [6, 6.07) is 17.3. The van der Waals surface area contributed by atoms with Gasteiger partial charge in [-0.3, -0.25) is 4.79 Å². The van der Waals surface area contributed by atoms with Crippen LogP contribution in [0.5, 0.6) is 0 Å². The molecule has 2 aromatic carbocycles. The summed E-state index contributed by atoms with van der Waals surface area (Å²) in [6.45, 7) is 8.37. The van der Waals surface area contributed by atoms with Crippen molar-refractivity contribution in [2.45, 2.75) is 53.4 Å². The number of aryl methyl sites for hydroxylation is 4. The summed E-state index contributed by atoms with van der Waals surface area (Å²) in [4.78, 5) is 12.6. The summed E-state index contributed by atoms with van der Waals surface area (Å²) in [5, 5.41) is 0. The normalized spacial score (nSPS) is 13.5. The smallest absolute Gasteiger partial charge is 0.138 e. The SMILES string of the molecule is Cc1ccc(CCC(C)C(=O)C(C)CCc2ccc(C)cc2)cc1. The standard InChI is InChI=1S/C23H30O/c1-17-5-11-21(12-6-17)15-9-19(3)23(24)20(4)10-16-22-13-7-18(2)8-14-22/h5-8,11-14,19-20H,9-10,15-16H2,1-4H3. The molecule has 2 atom stereocenters. The Labute approximate surface area is 147 Å². The van der Waals surface area contributed by atoms with E-state index in [1.165, 1.54) is 22.3 Å². The zero-order chi connectivity index (χ0) is 17.5. The summed E-state index contributed by atoms with van der Waals surface area (Å²) in [7, 11) is 0. The van der Waals surface area contributed by atoms with Crippen LogP contribution in [-0.2, 0) is 17.6 Å². The van der Waals surface area contributed by atoms with Gasteiger partial charge in [-0.2, -0.15) is 0 Å². The molecule has 0 radical (unpaired) electrons. The highest BCUT2D eigenvalue weighted by Gasteiger charge is 2.19. The molecule has 0 fully saturated rings. The predicted octanol–water partition coefficient (Wildman–Crippen LogP) is 5.71. The summed E-state index contributed by atoms with van der Waals surface area (Å²) < 4.78 is 0. The second kappa shape index (κ2) is 8.82. The van der Waals surface area contributed by atoms with E-state index in [1.54, 1.807) is 0 Å². The lowest BCUT2D eigenvalue weighted by Gasteiger charge is -2.16. The van der Waals surface area contributed by atoms with E-state index >= 15 is 0 Å². The van der Waals surface area contributed by atoms with Crippen molar-refractivity contribution in [1.82, 2.24) is 0 Å². The van der Waals surface area contributed by atoms with Gasteiger partial charge in [0.25, 0.3) is 0 Å². The number of Topliss-reactive ketones (excluding diaryl/α,β-unsaturated/α-hetero) is 1. The molecular weight excluding hydrogens is 292 g/mol. The van der Waals surface area contributed by atoms with E-state index in [1.807, 2.05) is 0 Å². The van der Waals surface area contributed by atoms with E-state index < -0.39 is 0 Å². The van der Waals surface area contributed by atoms with Gasteiger partial charge in [-0.1, -0.05) is 73.5 Å². The van der Waals surface area contributed by atoms with Crippen LogP contribution in [0.2, 0.25) is 0 Å². The van der Waals surface area contributed by atoms with Crippen LogP contribution in [0, 0.1) is 25.7 Å². The molecule has 0 bridgehead atoms. The average Bonchev–Trinajstić information content (AvgIpc) is 2.59. The van der Waals surface area contributed by atoms with Gasteiger partial charge in [0.05, 0.1) is 0 Å². The molecule has 2 rings (SSSR count). The van der Waals surface area contributed by atoms with Gasteiger partial charge in [-0.05, 0) is 50.7 Å². The predicted molar refractivity (Wildman–Crippen MR) is 102 cm³/mol. The van der Waals surface area contributed by atoms with Crippen LogP contribution in [0.1, 0.15) is 48.9 Å². The molecule has 0 spiro atoms. The fourth-order valence-corrected chi connectivity index (χ4v) is 3.05. The molecule has 0 amide bonds. The van der Waals surface area contributed by atoms with Crippen LogP contribution in [0.3, 0.4) is 0 Å². The third kappa shape index (κ3) is 5.63. The molecule has 0 heterocycles. The van der Waals surface area contributed by atoms with Crippen molar-refractivity contribution in [3.05, 3.63) is 70.8 Å². The minimum absolute atomic E-state index is 0.138. The molecule has 0 aliphatic rings. The lowest BCUT2D eigenvalue weighted by atomic mass is 9.87. The van der Waals surface area contributed by atoms with E-state index in [4.69, 9.17) is 0 Å². The largest absolute Gasteiger partial charge is 0.299 e. The number of hydrogen-bond donors (Lipinski definition) is 0. The van der Waals surface area contributed by atoms with Crippen molar-refractivity contribution in [2.75, 3.05) is 0 Å². The van der Waals surface area contributed by atoms with Crippen molar-refractivity contribution < 1.29 is 4.79 Å². The highest BCUT2D eigenvalue weighted by Crippen LogP contribution is 2.19. The number of hydrogen-bond acceptors (Lipinski definition) is 1. The van der Waals surface area contributed by atoms with Crippen LogP contribution in [-0.4, -0.2) is 5.78 Å². The molecule has 1 heteroatoms. The Kier molecular flexibility index (Phi) is 6.78. The van der Waals surface area contributed by atoms with E-state index in [9.17, 15) is 4.79 Å². The molecule has 2 unspecified atom stereocenters. The van der Waals surface area contributed by atoms with Crippen LogP contribution < -0.4 is 0 Å². The minimum Gasteiger partial charge on any atom is -0.299 e. The molecule has 0 saturated carbocycles. The average molecular weight is 322 g/mol. The molecule has 0 aliphatic heterocycles. The van der Waals surface area contributed by atoms with Crippen molar-refractivity contribution in [3.63, 3.8) is 0 Å². The van der Waals surface area contributed by atoms with Crippen LogP contribution in [0.25, 0.3) is 0 Å². The van der Waals surface area contributed by atoms with Gasteiger partial charge in [0, 0.05) is 11.8 Å². The Hall–Kier alpha value is -1.89. The first kappa shape index (κ1) is 18.4. The highest BCUT2D eigenvalue weighted by atomic mass is 16.1. The minimum atomic E-state index is 0.138. The van der Waals surface area contributed by atoms with E-state index in [0.717, 1.165) is 25.7 Å². The van der Waals surface area contributed by atoms with Gasteiger partial charge in [0.15, 0.2) is 0 Å². The zero-order valence-corrected chi connectivity index (χ0v) is 15.5. The quantitative estimate of drug-likeness (QED) is 0.608. The Morgan fingerprint density at radius 1 is 0.708 bits per heavy atom. The maximum absolute atomic E-state index is 12.6. The van der Waals surface area contributed by atoms with E-state index in [0.29, 0.717) is 5.78 Å². The fraction of sp³-hybridized carbons (Fsp3) is 0.435. The number of carbonyl (C=O) groups excluding carboxylic acids is 1. The monoisotopic (exact) mass is 322 g/mol. The summed E-state index contributed by atoms with van der Waals surface area (Å²) in [5.74, 6) is 0.688. The lowest BCUT2D eigenvalue weighted by Crippen LogP contribution is -2.20. The summed E-state index contributed by atoms with van der Waals surface area (Å²) in [5.41, 5.74) is 5.22. The topological polar surface area (TPSA) is 17.1 Å². The number of benzene rings is 2. The summed E-state index contributed by atoms with van der Waals surface area (Å²) in [6.07, 6.45) is 3.85. The number of ketones is 1. The molecule has 0 saturated heterocycles. The Morgan fingerprint density at radius 2 is 1.04 bits per heavy atom. The Bertz CT molecular complexity index is 579. The van der Waals surface area contributed by atoms with Gasteiger partial charge >= 0.3 is 0 Å². The fourth-order valence-electron chi connectivity index (χ4n) is 3.05. The molecule has 0 aliphatic carbocycles. The number of rotatable bonds is 8. The van der Waals surface area contributed by atoms with Gasteiger partial charge < -0.3 is 0 Å². The third-order valence-electron chi connectivity index (χ3n) is 4.94. The zero-order valence-electron chi connectivity index (χ0n) is 15.5. The molecule has 0 aromatic heterocycles. The summed E-state index contributed by atoms with van der Waals surface area (Å²) >= 11 is 0. The third-order valence-corrected chi connectivity index (χ3v) is 4.94. The molecule has 2 aromatic rings. The van der Waals surface area contributed by atoms with Crippen molar-refractivity contribution in [3.8, 4) is 0 Å². The first-order chi connectivity index (χ1) is 11.5. The molecule has 128 valence electrons. The molecule has 1 nitrogen and oxygen atoms in total. The number of carbonyl (C=O) groups is 1. The van der Waals surface area contributed by atoms with Crippen LogP contribution >= 0.6 is 0 Å². The highest BCUT2D eigenvalue weighted by molar-refractivity contribution is 5.82. The first-order valence-electron chi connectivity index (χ1n) is 9.10. The van der Waals surface area contributed by atoms with Gasteiger partial charge in [-0.15, -0.1) is 0 Å². The van der Waals surface area contributed by atoms with E-state index in [-0.39, 0.29) is 11.8 Å². The van der Waals surface area contributed by atoms with Crippen molar-refractivity contribution in [2.24, 2.45) is 11.8 Å². The second-order valence-corrected chi connectivity index (χ2v) is 7.25. The maximum atomic E-state index is 12.6. The molecule has 0 N–H and O–H groups in total. The second-order valence-electron chi connectivity index (χ2n) is 7.25. The van der Waals surface area contributed by atoms with Gasteiger partial charge in [0.1, 0.15) is 5.78 Å². The Balaban J connectivity index is 1.78. The van der Waals surface area contributed by atoms with Crippen molar-refractivity contribution >= 4 is 5.78 Å². The molecule has 24 heavy (non-hydrogen) atoms. The van der Waals surface area contributed by atoms with Crippen LogP contribution in [0.4, 0.5) is 0 Å². The van der Waals surface area contributed by atoms with Crippen molar-refractivity contribution in [1.29, 1.82) is 0 Å². The van der Waals surface area contributed by atoms with E-state index in [2.05, 4.69) is 76.2 Å². The van der Waals surface area contributed by atoms with Crippen LogP contribution in [0.15, 0.2) is 48.5 Å².